The summed E-state index contributed by atoms with van der Waals surface area (Å²) in [5.41, 5.74) is 5.32. The minimum absolute atomic E-state index is 0.0541. The molecule has 6 nitrogen and oxygen atoms in total. The first kappa shape index (κ1) is 17.5. The van der Waals surface area contributed by atoms with E-state index in [1.807, 2.05) is 78.1 Å². The van der Waals surface area contributed by atoms with Crippen LogP contribution in [0.2, 0.25) is 0 Å². The van der Waals surface area contributed by atoms with E-state index in [0.717, 1.165) is 38.5 Å². The van der Waals surface area contributed by atoms with Crippen molar-refractivity contribution in [2.24, 2.45) is 14.1 Å². The number of amides is 1. The smallest absolute Gasteiger partial charge is 0.432 e. The molecule has 0 saturated carbocycles. The van der Waals surface area contributed by atoms with Crippen molar-refractivity contribution in [2.45, 2.75) is 6.61 Å². The first-order valence-electron chi connectivity index (χ1n) is 9.33. The summed E-state index contributed by atoms with van der Waals surface area (Å²) in [6, 6.07) is 13.6. The van der Waals surface area contributed by atoms with Crippen LogP contribution in [0.3, 0.4) is 0 Å². The zero-order valence-corrected chi connectivity index (χ0v) is 16.1. The Balaban J connectivity index is 1.83. The van der Waals surface area contributed by atoms with Crippen molar-refractivity contribution in [3.8, 4) is 0 Å². The molecule has 144 valence electrons. The maximum atomic E-state index is 12.9. The molecule has 0 fully saturated rings. The van der Waals surface area contributed by atoms with E-state index >= 15 is 0 Å². The summed E-state index contributed by atoms with van der Waals surface area (Å²) < 4.78 is 4.32. The maximum Gasteiger partial charge on any atom is 0.432 e. The number of aliphatic hydroxyl groups excluding tert-OH is 1. The van der Waals surface area contributed by atoms with Gasteiger partial charge in [0, 0.05) is 59.4 Å². The molecule has 1 N–H and O–H groups in total. The van der Waals surface area contributed by atoms with Crippen molar-refractivity contribution in [3.05, 3.63) is 76.8 Å². The van der Waals surface area contributed by atoms with Crippen molar-refractivity contribution in [2.75, 3.05) is 0 Å². The molecule has 0 saturated heterocycles. The molecule has 29 heavy (non-hydrogen) atoms. The van der Waals surface area contributed by atoms with Crippen molar-refractivity contribution in [1.82, 2.24) is 9.13 Å². The molecule has 5 rings (SSSR count). The lowest BCUT2D eigenvalue weighted by Gasteiger charge is -2.02. The van der Waals surface area contributed by atoms with Gasteiger partial charge >= 0.3 is 5.91 Å². The summed E-state index contributed by atoms with van der Waals surface area (Å²) in [6.07, 6.45) is 5.20. The molecule has 0 atom stereocenters. The van der Waals surface area contributed by atoms with Gasteiger partial charge in [0.25, 0.3) is 0 Å². The highest BCUT2D eigenvalue weighted by molar-refractivity contribution is 6.40. The average Bonchev–Trinajstić information content (AvgIpc) is 3.34. The molecule has 1 aliphatic rings. The van der Waals surface area contributed by atoms with Gasteiger partial charge in [-0.15, -0.1) is 4.74 Å². The van der Waals surface area contributed by atoms with E-state index in [1.54, 1.807) is 0 Å². The molecule has 3 heterocycles. The molecule has 4 aromatic rings. The van der Waals surface area contributed by atoms with E-state index in [1.165, 1.54) is 6.21 Å². The van der Waals surface area contributed by atoms with Gasteiger partial charge in [0.15, 0.2) is 6.21 Å². The highest BCUT2D eigenvalue weighted by Gasteiger charge is 2.35. The fourth-order valence-corrected chi connectivity index (χ4v) is 4.21. The van der Waals surface area contributed by atoms with Gasteiger partial charge in [-0.2, -0.15) is 0 Å². The van der Waals surface area contributed by atoms with Crippen LogP contribution < -0.4 is 0 Å². The lowest BCUT2D eigenvalue weighted by atomic mass is 9.95. The van der Waals surface area contributed by atoms with Gasteiger partial charge in [-0.05, 0) is 17.7 Å². The van der Waals surface area contributed by atoms with Crippen LogP contribution in [-0.4, -0.2) is 31.1 Å². The number of hydroxylamine groups is 1. The fourth-order valence-electron chi connectivity index (χ4n) is 4.21. The van der Waals surface area contributed by atoms with E-state index in [0.29, 0.717) is 15.9 Å². The quantitative estimate of drug-likeness (QED) is 0.435. The van der Waals surface area contributed by atoms with Gasteiger partial charge in [-0.25, -0.2) is 4.79 Å². The Hall–Kier alpha value is -3.64. The molecule has 0 bridgehead atoms. The lowest BCUT2D eigenvalue weighted by molar-refractivity contribution is -0.366. The average molecular weight is 385 g/mol. The first-order chi connectivity index (χ1) is 14.0. The van der Waals surface area contributed by atoms with E-state index in [4.69, 9.17) is 0 Å². The third kappa shape index (κ3) is 2.46. The normalized spacial score (nSPS) is 14.4. The molecule has 0 spiro atoms. The Kier molecular flexibility index (Phi) is 3.72. The largest absolute Gasteiger partial charge is 0.616 e. The third-order valence-electron chi connectivity index (χ3n) is 5.62. The van der Waals surface area contributed by atoms with Crippen LogP contribution in [0.4, 0.5) is 0 Å². The monoisotopic (exact) mass is 385 g/mol. The minimum Gasteiger partial charge on any atom is -0.616 e. The number of nitrogens with zero attached hydrogens (tertiary/aromatic N) is 3. The van der Waals surface area contributed by atoms with Crippen LogP contribution in [0.5, 0.6) is 0 Å². The molecule has 1 aliphatic heterocycles. The number of hydrogen-bond acceptors (Lipinski definition) is 3. The molecule has 2 aromatic heterocycles. The van der Waals surface area contributed by atoms with Crippen LogP contribution >= 0.6 is 0 Å². The Bertz CT molecular complexity index is 1390. The van der Waals surface area contributed by atoms with E-state index < -0.39 is 5.91 Å². The van der Waals surface area contributed by atoms with Crippen LogP contribution in [0.25, 0.3) is 33.0 Å². The van der Waals surface area contributed by atoms with Crippen LogP contribution in [0.1, 0.15) is 16.7 Å². The molecule has 1 amide bonds. The van der Waals surface area contributed by atoms with E-state index in [9.17, 15) is 15.1 Å². The Morgan fingerprint density at radius 2 is 1.66 bits per heavy atom. The summed E-state index contributed by atoms with van der Waals surface area (Å²) in [5.74, 6) is -0.563. The number of fused-ring (bicyclic) bond motifs is 2. The standard InChI is InChI=1S/C23H19N3O3/c1-24-10-17(15-5-3-4-6-20(15)24)19-12-26(29)23(28)22(19)18-11-25(2)21-9-14(13-27)7-8-16(18)21/h3-12,27H,13H2,1-2H3. The highest BCUT2D eigenvalue weighted by Crippen LogP contribution is 2.37. The SMILES string of the molecule is Cn1cc(C2=C(c3cn(C)c4cc(CO)ccc34)C(=O)[N+]([O-])=C2)c2ccccc21. The summed E-state index contributed by atoms with van der Waals surface area (Å²) in [4.78, 5) is 12.9. The maximum absolute atomic E-state index is 12.9. The van der Waals surface area contributed by atoms with Gasteiger partial charge in [-0.1, -0.05) is 30.3 Å². The second kappa shape index (κ2) is 6.18. The zero-order valence-electron chi connectivity index (χ0n) is 16.1. The van der Waals surface area contributed by atoms with Crippen LogP contribution in [0.15, 0.2) is 54.9 Å². The summed E-state index contributed by atoms with van der Waals surface area (Å²) in [5, 5.41) is 23.7. The number of aliphatic hydroxyl groups is 1. The number of benzene rings is 2. The van der Waals surface area contributed by atoms with Crippen LogP contribution in [-0.2, 0) is 25.5 Å². The number of allylic oxidation sites excluding steroid dienone is 1. The van der Waals surface area contributed by atoms with Gasteiger partial charge in [0.1, 0.15) is 5.57 Å². The van der Waals surface area contributed by atoms with E-state index in [-0.39, 0.29) is 6.61 Å². The Morgan fingerprint density at radius 3 is 2.45 bits per heavy atom. The Morgan fingerprint density at radius 1 is 0.966 bits per heavy atom. The Labute approximate surface area is 166 Å². The number of hydrogen-bond donors (Lipinski definition) is 1. The fraction of sp³-hybridized carbons (Fsp3) is 0.130. The first-order valence-corrected chi connectivity index (χ1v) is 9.33. The number of carbonyl (C=O) groups excluding carboxylic acids is 1. The van der Waals surface area contributed by atoms with Gasteiger partial charge < -0.3 is 19.4 Å². The predicted molar refractivity (Wildman–Crippen MR) is 113 cm³/mol. The van der Waals surface area contributed by atoms with Crippen molar-refractivity contribution >= 4 is 45.1 Å². The summed E-state index contributed by atoms with van der Waals surface area (Å²) in [6.45, 7) is -0.0541. The van der Waals surface area contributed by atoms with Crippen molar-refractivity contribution < 1.29 is 14.6 Å². The summed E-state index contributed by atoms with van der Waals surface area (Å²) in [7, 11) is 3.84. The number of aryl methyl sites for hydroxylation is 2. The topological polar surface area (TPSA) is 73.2 Å². The van der Waals surface area contributed by atoms with Crippen molar-refractivity contribution in [3.63, 3.8) is 0 Å². The molecule has 2 aromatic carbocycles. The third-order valence-corrected chi connectivity index (χ3v) is 5.62. The van der Waals surface area contributed by atoms with Gasteiger partial charge in [-0.3, -0.25) is 0 Å². The molecule has 0 aliphatic carbocycles. The zero-order chi connectivity index (χ0) is 20.3. The lowest BCUT2D eigenvalue weighted by Crippen LogP contribution is -2.10. The van der Waals surface area contributed by atoms with E-state index in [2.05, 4.69) is 0 Å². The summed E-state index contributed by atoms with van der Waals surface area (Å²) >= 11 is 0. The molecule has 0 unspecified atom stereocenters. The number of para-hydroxylation sites is 1. The second-order valence-corrected chi connectivity index (χ2v) is 7.38. The number of rotatable bonds is 3. The van der Waals surface area contributed by atoms with Crippen molar-refractivity contribution in [1.29, 1.82) is 0 Å². The molecular weight excluding hydrogens is 366 g/mol. The molecule has 6 heteroatoms. The minimum atomic E-state index is -0.563. The van der Waals surface area contributed by atoms with Gasteiger partial charge in [0.05, 0.1) is 12.2 Å². The number of carbonyl (C=O) groups is 1. The number of aromatic nitrogens is 2. The molecular formula is C23H19N3O3. The second-order valence-electron chi connectivity index (χ2n) is 7.38. The van der Waals surface area contributed by atoms with Gasteiger partial charge in [0.2, 0.25) is 0 Å². The predicted octanol–water partition coefficient (Wildman–Crippen LogP) is 3.19. The van der Waals surface area contributed by atoms with Crippen LogP contribution in [0, 0.1) is 5.21 Å². The molecule has 0 radical (unpaired) electrons. The highest BCUT2D eigenvalue weighted by atomic mass is 16.5.